The molecule has 0 radical (unpaired) electrons. The molecule has 2 aliphatic heterocycles. The molecule has 3 aliphatic rings. The van der Waals surface area contributed by atoms with Crippen LogP contribution in [0.2, 0.25) is 0 Å². The van der Waals surface area contributed by atoms with Gasteiger partial charge in [-0.2, -0.15) is 12.6 Å². The van der Waals surface area contributed by atoms with E-state index in [2.05, 4.69) is 15.9 Å². The third-order valence-electron chi connectivity index (χ3n) is 6.81. The molecule has 3 atom stereocenters. The average molecular weight is 520 g/mol. The van der Waals surface area contributed by atoms with E-state index in [1.807, 2.05) is 0 Å². The van der Waals surface area contributed by atoms with E-state index in [0.717, 1.165) is 44.2 Å². The molecule has 1 aromatic carbocycles. The van der Waals surface area contributed by atoms with Crippen molar-refractivity contribution >= 4 is 49.2 Å². The Kier molecular flexibility index (Phi) is 10.7. The van der Waals surface area contributed by atoms with Crippen LogP contribution < -0.4 is 0 Å². The fourth-order valence-electron chi connectivity index (χ4n) is 4.93. The third kappa shape index (κ3) is 6.95. The number of ketones is 1. The van der Waals surface area contributed by atoms with E-state index in [-0.39, 0.29) is 60.0 Å². The van der Waals surface area contributed by atoms with Crippen molar-refractivity contribution in [3.63, 3.8) is 0 Å². The van der Waals surface area contributed by atoms with Gasteiger partial charge in [-0.05, 0) is 50.3 Å². The van der Waals surface area contributed by atoms with Crippen LogP contribution in [0.15, 0.2) is 35.9 Å². The number of hydrogen-bond donors (Lipinski definition) is 2. The zero-order valence-electron chi connectivity index (χ0n) is 18.6. The van der Waals surface area contributed by atoms with Crippen LogP contribution in [-0.2, 0) is 9.59 Å². The van der Waals surface area contributed by atoms with Crippen molar-refractivity contribution in [1.82, 2.24) is 9.80 Å². The van der Waals surface area contributed by atoms with Crippen LogP contribution in [0.4, 0.5) is 4.39 Å². The van der Waals surface area contributed by atoms with Crippen molar-refractivity contribution < 1.29 is 19.1 Å². The molecule has 0 amide bonds. The van der Waals surface area contributed by atoms with Gasteiger partial charge in [0.1, 0.15) is 5.82 Å². The Morgan fingerprint density at radius 3 is 2.55 bits per heavy atom. The van der Waals surface area contributed by atoms with Crippen molar-refractivity contribution in [2.45, 2.75) is 55.9 Å². The number of carboxylic acids is 1. The second-order valence-electron chi connectivity index (χ2n) is 9.04. The topological polar surface area (TPSA) is 60.9 Å². The molecule has 2 unspecified atom stereocenters. The summed E-state index contributed by atoms with van der Waals surface area (Å²) in [6, 6.07) is 6.15. The summed E-state index contributed by atoms with van der Waals surface area (Å²) >= 11 is 4.77. The molecule has 2 saturated heterocycles. The molecule has 1 aromatic rings. The van der Waals surface area contributed by atoms with Gasteiger partial charge in [0.15, 0.2) is 5.78 Å². The predicted molar refractivity (Wildman–Crippen MR) is 135 cm³/mol. The van der Waals surface area contributed by atoms with Gasteiger partial charge in [0.05, 0.1) is 12.5 Å². The Balaban J connectivity index is 0.00000193. The molecule has 33 heavy (non-hydrogen) atoms. The fourth-order valence-corrected chi connectivity index (χ4v) is 5.24. The zero-order valence-corrected chi connectivity index (χ0v) is 21.1. The van der Waals surface area contributed by atoms with Gasteiger partial charge in [0, 0.05) is 42.4 Å². The van der Waals surface area contributed by atoms with Crippen molar-refractivity contribution in [1.29, 1.82) is 0 Å². The molecular weight excluding hydrogens is 486 g/mol. The van der Waals surface area contributed by atoms with Gasteiger partial charge < -0.3 is 5.11 Å². The van der Waals surface area contributed by atoms with E-state index in [4.69, 9.17) is 17.7 Å². The number of carboxylic acid groups (broad SMARTS) is 1. The van der Waals surface area contributed by atoms with Gasteiger partial charge in [-0.3, -0.25) is 19.4 Å². The highest BCUT2D eigenvalue weighted by Crippen LogP contribution is 2.39. The summed E-state index contributed by atoms with van der Waals surface area (Å²) in [6.45, 7) is 2.89. The Hall–Kier alpha value is -1.12. The Bertz CT molecular complexity index is 868. The first-order valence-electron chi connectivity index (χ1n) is 11.3. The number of carbonyl (C=O) groups excluding carboxylic acids is 1. The molecule has 1 aliphatic carbocycles. The van der Waals surface area contributed by atoms with Gasteiger partial charge in [-0.25, -0.2) is 4.39 Å². The van der Waals surface area contributed by atoms with Crippen LogP contribution >= 0.6 is 37.4 Å². The number of benzene rings is 1. The number of nitrogens with zero attached hydrogens (tertiary/aromatic N) is 2. The fraction of sp³-hybridized carbons (Fsp3) is 0.583. The first-order valence-corrected chi connectivity index (χ1v) is 11.8. The maximum absolute atomic E-state index is 14.6. The zero-order chi connectivity index (χ0) is 22.0. The van der Waals surface area contributed by atoms with Gasteiger partial charge in [-0.1, -0.05) is 24.3 Å². The summed E-state index contributed by atoms with van der Waals surface area (Å²) in [4.78, 5) is 28.6. The molecule has 5 nitrogen and oxygen atoms in total. The number of halogens is 3. The normalized spacial score (nSPS) is 25.8. The second kappa shape index (κ2) is 12.5. The summed E-state index contributed by atoms with van der Waals surface area (Å²) < 4.78 is 14.6. The number of carbonyl (C=O) groups is 2. The van der Waals surface area contributed by atoms with Crippen molar-refractivity contribution in [2.75, 3.05) is 26.2 Å². The SMILES string of the molecule is Cl.Cl.O=C(O)C[C@@H]1CCCN1C/C=C1\CN(C(C(=O)C2CC2)c2ccccc2F)CCC1S. The van der Waals surface area contributed by atoms with Crippen molar-refractivity contribution in [2.24, 2.45) is 5.92 Å². The van der Waals surface area contributed by atoms with Crippen LogP contribution in [0.25, 0.3) is 0 Å². The van der Waals surface area contributed by atoms with E-state index in [9.17, 15) is 14.0 Å². The maximum atomic E-state index is 14.6. The minimum absolute atomic E-state index is 0. The van der Waals surface area contributed by atoms with Crippen molar-refractivity contribution in [3.05, 3.63) is 47.3 Å². The monoisotopic (exact) mass is 518 g/mol. The largest absolute Gasteiger partial charge is 0.481 e. The van der Waals surface area contributed by atoms with Gasteiger partial charge >= 0.3 is 5.97 Å². The molecule has 0 bridgehead atoms. The predicted octanol–water partition coefficient (Wildman–Crippen LogP) is 4.56. The number of piperidine rings is 1. The van der Waals surface area contributed by atoms with E-state index in [1.54, 1.807) is 18.2 Å². The minimum atomic E-state index is -0.758. The highest BCUT2D eigenvalue weighted by atomic mass is 35.5. The highest BCUT2D eigenvalue weighted by molar-refractivity contribution is 7.81. The number of rotatable bonds is 8. The molecule has 9 heteroatoms. The summed E-state index contributed by atoms with van der Waals surface area (Å²) in [7, 11) is 0. The number of Topliss-reactive ketones (excluding diaryl/α,β-unsaturated/α-hetero) is 1. The molecule has 1 N–H and O–H groups in total. The summed E-state index contributed by atoms with van der Waals surface area (Å²) in [5.41, 5.74) is 1.61. The molecule has 0 aromatic heterocycles. The van der Waals surface area contributed by atoms with E-state index >= 15 is 0 Å². The second-order valence-corrected chi connectivity index (χ2v) is 9.67. The number of aliphatic carboxylic acids is 1. The Labute approximate surface area is 213 Å². The summed E-state index contributed by atoms with van der Waals surface area (Å²) in [5.74, 6) is -0.907. The quantitative estimate of drug-likeness (QED) is 0.390. The number of hydrogen-bond acceptors (Lipinski definition) is 5. The lowest BCUT2D eigenvalue weighted by molar-refractivity contribution is -0.138. The van der Waals surface area contributed by atoms with E-state index in [0.29, 0.717) is 25.2 Å². The molecule has 2 heterocycles. The maximum Gasteiger partial charge on any atom is 0.304 e. The summed E-state index contributed by atoms with van der Waals surface area (Å²) in [6.07, 6.45) is 6.86. The smallest absolute Gasteiger partial charge is 0.304 e. The lowest BCUT2D eigenvalue weighted by Gasteiger charge is -2.38. The van der Waals surface area contributed by atoms with Crippen LogP contribution in [0, 0.1) is 11.7 Å². The lowest BCUT2D eigenvalue weighted by atomic mass is 9.93. The highest BCUT2D eigenvalue weighted by Gasteiger charge is 2.41. The number of thiol groups is 1. The molecule has 3 fully saturated rings. The standard InChI is InChI=1S/C24H31FN2O3S.2ClH/c25-20-6-2-1-5-19(20)23(24(30)16-7-8-16)27-13-10-21(31)17(15-27)9-12-26-11-3-4-18(26)14-22(28)29;;/h1-2,5-6,9,16,18,21,23,31H,3-4,7-8,10-15H2,(H,28,29);2*1H/b17-9+;;/t18-,21?,23?;;/m0../s1. The molecule has 1 saturated carbocycles. The Morgan fingerprint density at radius 2 is 1.88 bits per heavy atom. The van der Waals surface area contributed by atoms with Crippen LogP contribution in [-0.4, -0.2) is 64.1 Å². The third-order valence-corrected chi connectivity index (χ3v) is 7.40. The van der Waals surface area contributed by atoms with Crippen LogP contribution in [0.1, 0.15) is 50.1 Å². The van der Waals surface area contributed by atoms with Gasteiger partial charge in [0.25, 0.3) is 0 Å². The first kappa shape index (κ1) is 28.1. The van der Waals surface area contributed by atoms with Crippen LogP contribution in [0.3, 0.4) is 0 Å². The first-order chi connectivity index (χ1) is 14.9. The molecule has 0 spiro atoms. The lowest BCUT2D eigenvalue weighted by Crippen LogP contribution is -2.43. The molecule has 4 rings (SSSR count). The molecular formula is C24H33Cl2FN2O3S. The van der Waals surface area contributed by atoms with Crippen LogP contribution in [0.5, 0.6) is 0 Å². The Morgan fingerprint density at radius 1 is 1.15 bits per heavy atom. The van der Waals surface area contributed by atoms with Crippen molar-refractivity contribution in [3.8, 4) is 0 Å². The van der Waals surface area contributed by atoms with E-state index < -0.39 is 12.0 Å². The average Bonchev–Trinajstić information content (AvgIpc) is 3.50. The van der Waals surface area contributed by atoms with Gasteiger partial charge in [0.2, 0.25) is 0 Å². The summed E-state index contributed by atoms with van der Waals surface area (Å²) in [5, 5.41) is 9.26. The number of likely N-dealkylation sites (tertiary alicyclic amines) is 2. The minimum Gasteiger partial charge on any atom is -0.481 e. The molecule has 184 valence electrons. The van der Waals surface area contributed by atoms with E-state index in [1.165, 1.54) is 6.07 Å². The van der Waals surface area contributed by atoms with Gasteiger partial charge in [-0.15, -0.1) is 24.8 Å².